The topological polar surface area (TPSA) is 81.7 Å². The SMILES string of the molecule is CCc1sc(C(=O)NNC(=O)CN2CCCC(O)C2)cc1C. The molecular weight excluding hydrogens is 302 g/mol. The van der Waals surface area contributed by atoms with E-state index < -0.39 is 0 Å². The van der Waals surface area contributed by atoms with Crippen molar-refractivity contribution in [1.29, 1.82) is 0 Å². The highest BCUT2D eigenvalue weighted by Crippen LogP contribution is 2.21. The molecule has 2 heterocycles. The quantitative estimate of drug-likeness (QED) is 0.717. The highest BCUT2D eigenvalue weighted by atomic mass is 32.1. The third-order valence-electron chi connectivity index (χ3n) is 3.73. The normalized spacial score (nSPS) is 19.0. The number of likely N-dealkylation sites (tertiary alicyclic amines) is 1. The molecule has 2 rings (SSSR count). The lowest BCUT2D eigenvalue weighted by atomic mass is 10.1. The van der Waals surface area contributed by atoms with Crippen molar-refractivity contribution >= 4 is 23.2 Å². The fourth-order valence-corrected chi connectivity index (χ4v) is 3.60. The van der Waals surface area contributed by atoms with Gasteiger partial charge in [0.25, 0.3) is 11.8 Å². The first-order valence-corrected chi connectivity index (χ1v) is 8.40. The van der Waals surface area contributed by atoms with E-state index in [0.29, 0.717) is 11.4 Å². The van der Waals surface area contributed by atoms with Gasteiger partial charge in [0.2, 0.25) is 0 Å². The number of β-amino-alcohol motifs (C(OH)–C–C–N with tert-alkyl or cyclic N) is 1. The number of aryl methyl sites for hydroxylation is 2. The molecule has 0 saturated carbocycles. The van der Waals surface area contributed by atoms with E-state index in [1.54, 1.807) is 0 Å². The first-order chi connectivity index (χ1) is 10.5. The molecule has 2 amide bonds. The Hall–Kier alpha value is -1.44. The van der Waals surface area contributed by atoms with Crippen LogP contribution in [-0.2, 0) is 11.2 Å². The van der Waals surface area contributed by atoms with Crippen LogP contribution in [0, 0.1) is 6.92 Å². The van der Waals surface area contributed by atoms with Crippen molar-refractivity contribution in [2.24, 2.45) is 0 Å². The zero-order chi connectivity index (χ0) is 16.1. The van der Waals surface area contributed by atoms with Gasteiger partial charge in [-0.2, -0.15) is 0 Å². The first kappa shape index (κ1) is 16.9. The monoisotopic (exact) mass is 325 g/mol. The summed E-state index contributed by atoms with van der Waals surface area (Å²) in [7, 11) is 0. The standard InChI is InChI=1S/C15H23N3O3S/c1-3-12-10(2)7-13(22-12)15(21)17-16-14(20)9-18-6-4-5-11(19)8-18/h7,11,19H,3-6,8-9H2,1-2H3,(H,16,20)(H,17,21). The Labute approximate surface area is 134 Å². The highest BCUT2D eigenvalue weighted by Gasteiger charge is 2.20. The van der Waals surface area contributed by atoms with Gasteiger partial charge in [-0.3, -0.25) is 25.3 Å². The van der Waals surface area contributed by atoms with Crippen LogP contribution >= 0.6 is 11.3 Å². The minimum absolute atomic E-state index is 0.182. The number of hydrogen-bond donors (Lipinski definition) is 3. The molecule has 122 valence electrons. The number of carbonyl (C=O) groups excluding carboxylic acids is 2. The smallest absolute Gasteiger partial charge is 0.279 e. The van der Waals surface area contributed by atoms with Crippen LogP contribution in [-0.4, -0.2) is 47.6 Å². The molecule has 7 heteroatoms. The minimum atomic E-state index is -0.363. The zero-order valence-electron chi connectivity index (χ0n) is 13.0. The molecule has 6 nitrogen and oxygen atoms in total. The van der Waals surface area contributed by atoms with Crippen LogP contribution in [0.5, 0.6) is 0 Å². The van der Waals surface area contributed by atoms with Gasteiger partial charge in [0.05, 0.1) is 17.5 Å². The molecule has 0 aromatic carbocycles. The predicted octanol–water partition coefficient (Wildman–Crippen LogP) is 0.837. The number of aliphatic hydroxyl groups excluding tert-OH is 1. The van der Waals surface area contributed by atoms with E-state index in [9.17, 15) is 14.7 Å². The largest absolute Gasteiger partial charge is 0.392 e. The van der Waals surface area contributed by atoms with E-state index in [1.165, 1.54) is 16.2 Å². The Morgan fingerprint density at radius 3 is 2.86 bits per heavy atom. The third kappa shape index (κ3) is 4.53. The van der Waals surface area contributed by atoms with Gasteiger partial charge in [-0.05, 0) is 44.4 Å². The van der Waals surface area contributed by atoms with Crippen molar-refractivity contribution in [2.45, 2.75) is 39.2 Å². The zero-order valence-corrected chi connectivity index (χ0v) is 13.8. The number of hydrazine groups is 1. The van der Waals surface area contributed by atoms with E-state index in [1.807, 2.05) is 17.9 Å². The molecular formula is C15H23N3O3S. The van der Waals surface area contributed by atoms with Crippen molar-refractivity contribution in [3.63, 3.8) is 0 Å². The highest BCUT2D eigenvalue weighted by molar-refractivity contribution is 7.14. The van der Waals surface area contributed by atoms with Crippen LogP contribution in [0.25, 0.3) is 0 Å². The Morgan fingerprint density at radius 2 is 2.23 bits per heavy atom. The lowest BCUT2D eigenvalue weighted by Gasteiger charge is -2.29. The predicted molar refractivity (Wildman–Crippen MR) is 85.7 cm³/mol. The van der Waals surface area contributed by atoms with Gasteiger partial charge in [0, 0.05) is 11.4 Å². The van der Waals surface area contributed by atoms with Crippen LogP contribution in [0.4, 0.5) is 0 Å². The van der Waals surface area contributed by atoms with E-state index in [0.717, 1.165) is 31.4 Å². The molecule has 0 bridgehead atoms. The van der Waals surface area contributed by atoms with Crippen LogP contribution in [0.3, 0.4) is 0 Å². The number of nitrogens with zero attached hydrogens (tertiary/aromatic N) is 1. The molecule has 0 radical (unpaired) electrons. The lowest BCUT2D eigenvalue weighted by Crippen LogP contribution is -2.48. The molecule has 1 atom stereocenters. The third-order valence-corrected chi connectivity index (χ3v) is 5.11. The summed E-state index contributed by atoms with van der Waals surface area (Å²) >= 11 is 1.45. The maximum Gasteiger partial charge on any atom is 0.279 e. The van der Waals surface area contributed by atoms with Gasteiger partial charge in [-0.25, -0.2) is 0 Å². The summed E-state index contributed by atoms with van der Waals surface area (Å²) in [6.45, 7) is 5.51. The average Bonchev–Trinajstić information content (AvgIpc) is 2.86. The molecule has 1 aromatic rings. The molecule has 3 N–H and O–H groups in total. The van der Waals surface area contributed by atoms with Crippen molar-refractivity contribution in [3.05, 3.63) is 21.4 Å². The maximum atomic E-state index is 12.0. The molecule has 0 spiro atoms. The summed E-state index contributed by atoms with van der Waals surface area (Å²) in [6.07, 6.45) is 2.20. The second-order valence-electron chi connectivity index (χ2n) is 5.60. The van der Waals surface area contributed by atoms with Crippen molar-refractivity contribution in [1.82, 2.24) is 15.8 Å². The minimum Gasteiger partial charge on any atom is -0.392 e. The van der Waals surface area contributed by atoms with Gasteiger partial charge in [0.15, 0.2) is 0 Å². The number of nitrogens with one attached hydrogen (secondary N) is 2. The van der Waals surface area contributed by atoms with Crippen molar-refractivity contribution in [2.75, 3.05) is 19.6 Å². The number of amides is 2. The van der Waals surface area contributed by atoms with Gasteiger partial charge < -0.3 is 5.11 Å². The summed E-state index contributed by atoms with van der Waals surface area (Å²) in [5.41, 5.74) is 5.98. The van der Waals surface area contributed by atoms with Crippen molar-refractivity contribution < 1.29 is 14.7 Å². The van der Waals surface area contributed by atoms with Gasteiger partial charge in [-0.15, -0.1) is 11.3 Å². The molecule has 1 fully saturated rings. The lowest BCUT2D eigenvalue weighted by molar-refractivity contribution is -0.123. The molecule has 1 aromatic heterocycles. The first-order valence-electron chi connectivity index (χ1n) is 7.58. The summed E-state index contributed by atoms with van der Waals surface area (Å²) in [5.74, 6) is -0.564. The van der Waals surface area contributed by atoms with E-state index in [4.69, 9.17) is 0 Å². The molecule has 0 aliphatic carbocycles. The molecule has 1 unspecified atom stereocenters. The van der Waals surface area contributed by atoms with Gasteiger partial charge in [0.1, 0.15) is 0 Å². The number of hydrogen-bond acceptors (Lipinski definition) is 5. The summed E-state index contributed by atoms with van der Waals surface area (Å²) in [5, 5.41) is 9.57. The van der Waals surface area contributed by atoms with Crippen LogP contribution in [0.1, 0.15) is 39.9 Å². The summed E-state index contributed by atoms with van der Waals surface area (Å²) in [6, 6.07) is 1.84. The van der Waals surface area contributed by atoms with Crippen LogP contribution < -0.4 is 10.9 Å². The van der Waals surface area contributed by atoms with Gasteiger partial charge in [-0.1, -0.05) is 6.92 Å². The van der Waals surface area contributed by atoms with Gasteiger partial charge >= 0.3 is 0 Å². The van der Waals surface area contributed by atoms with E-state index in [-0.39, 0.29) is 24.5 Å². The Morgan fingerprint density at radius 1 is 1.45 bits per heavy atom. The Bertz CT molecular complexity index is 544. The number of aliphatic hydroxyl groups is 1. The summed E-state index contributed by atoms with van der Waals surface area (Å²) < 4.78 is 0. The molecule has 1 saturated heterocycles. The number of carbonyl (C=O) groups is 2. The second kappa shape index (κ2) is 7.71. The average molecular weight is 325 g/mol. The summed E-state index contributed by atoms with van der Waals surface area (Å²) in [4.78, 5) is 27.5. The van der Waals surface area contributed by atoms with E-state index >= 15 is 0 Å². The second-order valence-corrected chi connectivity index (χ2v) is 6.74. The molecule has 22 heavy (non-hydrogen) atoms. The Balaban J connectivity index is 1.78. The Kier molecular flexibility index (Phi) is 5.93. The molecule has 1 aliphatic heterocycles. The fourth-order valence-electron chi connectivity index (χ4n) is 2.59. The van der Waals surface area contributed by atoms with Crippen molar-refractivity contribution in [3.8, 4) is 0 Å². The fraction of sp³-hybridized carbons (Fsp3) is 0.600. The number of piperidine rings is 1. The molecule has 1 aliphatic rings. The van der Waals surface area contributed by atoms with Crippen LogP contribution in [0.15, 0.2) is 6.07 Å². The number of rotatable bonds is 4. The number of thiophene rings is 1. The van der Waals surface area contributed by atoms with E-state index in [2.05, 4.69) is 17.8 Å². The maximum absolute atomic E-state index is 12.0. The van der Waals surface area contributed by atoms with Crippen LogP contribution in [0.2, 0.25) is 0 Å².